The molecular formula is C16H20N4O2. The molecule has 1 saturated heterocycles. The van der Waals surface area contributed by atoms with Crippen LogP contribution < -0.4 is 10.1 Å². The standard InChI is InChI=1S/C16H20N4O2/c1-19-7-9-20(10-8-19)16(21)13(11-17)12-18-14-5-3-4-6-15(14)22-2/h3-6,12,18H,7-10H2,1-2H3/b13-12-. The molecule has 1 aromatic rings. The van der Waals surface area contributed by atoms with Crippen LogP contribution in [0, 0.1) is 11.3 Å². The van der Waals surface area contributed by atoms with Crippen molar-refractivity contribution in [3.05, 3.63) is 36.0 Å². The van der Waals surface area contributed by atoms with Gasteiger partial charge in [0.1, 0.15) is 17.4 Å². The van der Waals surface area contributed by atoms with Crippen LogP contribution in [0.15, 0.2) is 36.0 Å². The number of carbonyl (C=O) groups is 1. The zero-order chi connectivity index (χ0) is 15.9. The van der Waals surface area contributed by atoms with E-state index < -0.39 is 0 Å². The minimum absolute atomic E-state index is 0.0930. The molecular weight excluding hydrogens is 280 g/mol. The Morgan fingerprint density at radius 1 is 1.32 bits per heavy atom. The molecule has 0 saturated carbocycles. The molecule has 1 aromatic carbocycles. The van der Waals surface area contributed by atoms with Crippen LogP contribution in [-0.4, -0.2) is 56.0 Å². The normalized spacial score (nSPS) is 16.0. The minimum Gasteiger partial charge on any atom is -0.495 e. The number of hydrogen-bond acceptors (Lipinski definition) is 5. The van der Waals surface area contributed by atoms with Gasteiger partial charge in [0.2, 0.25) is 0 Å². The van der Waals surface area contributed by atoms with E-state index in [-0.39, 0.29) is 11.5 Å². The zero-order valence-corrected chi connectivity index (χ0v) is 12.9. The summed E-state index contributed by atoms with van der Waals surface area (Å²) in [6.45, 7) is 2.93. The lowest BCUT2D eigenvalue weighted by Crippen LogP contribution is -2.47. The number of hydrogen-bond donors (Lipinski definition) is 1. The fourth-order valence-electron chi connectivity index (χ4n) is 2.24. The third-order valence-corrected chi connectivity index (χ3v) is 3.62. The van der Waals surface area contributed by atoms with Crippen molar-refractivity contribution in [3.8, 4) is 11.8 Å². The molecule has 0 unspecified atom stereocenters. The summed E-state index contributed by atoms with van der Waals surface area (Å²) < 4.78 is 5.22. The summed E-state index contributed by atoms with van der Waals surface area (Å²) in [7, 11) is 3.59. The van der Waals surface area contributed by atoms with Crippen LogP contribution >= 0.6 is 0 Å². The van der Waals surface area contributed by atoms with Crippen molar-refractivity contribution in [1.82, 2.24) is 9.80 Å². The summed E-state index contributed by atoms with van der Waals surface area (Å²) in [6.07, 6.45) is 1.44. The van der Waals surface area contributed by atoms with Gasteiger partial charge in [-0.15, -0.1) is 0 Å². The molecule has 2 rings (SSSR count). The van der Waals surface area contributed by atoms with Crippen molar-refractivity contribution in [1.29, 1.82) is 5.26 Å². The average Bonchev–Trinajstić information content (AvgIpc) is 2.56. The van der Waals surface area contributed by atoms with Crippen molar-refractivity contribution < 1.29 is 9.53 Å². The van der Waals surface area contributed by atoms with E-state index in [4.69, 9.17) is 4.74 Å². The van der Waals surface area contributed by atoms with Crippen LogP contribution in [0.3, 0.4) is 0 Å². The highest BCUT2D eigenvalue weighted by atomic mass is 16.5. The number of piperazine rings is 1. The highest BCUT2D eigenvalue weighted by Crippen LogP contribution is 2.23. The number of carbonyl (C=O) groups excluding carboxylic acids is 1. The fourth-order valence-corrected chi connectivity index (χ4v) is 2.24. The smallest absolute Gasteiger partial charge is 0.266 e. The number of methoxy groups -OCH3 is 1. The molecule has 1 N–H and O–H groups in total. The van der Waals surface area contributed by atoms with Crippen LogP contribution in [0.4, 0.5) is 5.69 Å². The highest BCUT2D eigenvalue weighted by Gasteiger charge is 2.22. The molecule has 6 heteroatoms. The van der Waals surface area contributed by atoms with Crippen molar-refractivity contribution in [3.63, 3.8) is 0 Å². The van der Waals surface area contributed by atoms with E-state index in [1.807, 2.05) is 37.4 Å². The number of anilines is 1. The average molecular weight is 300 g/mol. The number of nitrogens with one attached hydrogen (secondary N) is 1. The topological polar surface area (TPSA) is 68.6 Å². The van der Waals surface area contributed by atoms with E-state index in [2.05, 4.69) is 10.2 Å². The van der Waals surface area contributed by atoms with Gasteiger partial charge in [0.05, 0.1) is 12.8 Å². The Balaban J connectivity index is 2.07. The van der Waals surface area contributed by atoms with E-state index >= 15 is 0 Å². The second-order valence-electron chi connectivity index (χ2n) is 5.11. The molecule has 116 valence electrons. The molecule has 1 fully saturated rings. The first-order valence-corrected chi connectivity index (χ1v) is 7.13. The number of nitriles is 1. The predicted octanol–water partition coefficient (Wildman–Crippen LogP) is 1.29. The van der Waals surface area contributed by atoms with E-state index in [0.29, 0.717) is 24.5 Å². The summed E-state index contributed by atoms with van der Waals surface area (Å²) in [5, 5.41) is 12.2. The molecule has 1 heterocycles. The van der Waals surface area contributed by atoms with E-state index in [1.165, 1.54) is 6.20 Å². The van der Waals surface area contributed by atoms with Crippen LogP contribution in [0.25, 0.3) is 0 Å². The third kappa shape index (κ3) is 3.77. The Labute approximate surface area is 130 Å². The Kier molecular flexibility index (Phi) is 5.39. The van der Waals surface area contributed by atoms with Gasteiger partial charge >= 0.3 is 0 Å². The molecule has 22 heavy (non-hydrogen) atoms. The summed E-state index contributed by atoms with van der Waals surface area (Å²) in [4.78, 5) is 16.2. The minimum atomic E-state index is -0.238. The fraction of sp³-hybridized carbons (Fsp3) is 0.375. The molecule has 0 aliphatic carbocycles. The first-order valence-electron chi connectivity index (χ1n) is 7.13. The quantitative estimate of drug-likeness (QED) is 0.670. The van der Waals surface area contributed by atoms with Crippen LogP contribution in [-0.2, 0) is 4.79 Å². The molecule has 1 aliphatic heterocycles. The number of amides is 1. The zero-order valence-electron chi connectivity index (χ0n) is 12.9. The SMILES string of the molecule is COc1ccccc1N/C=C(/C#N)C(=O)N1CCN(C)CC1. The predicted molar refractivity (Wildman–Crippen MR) is 84.4 cm³/mol. The van der Waals surface area contributed by atoms with Gasteiger partial charge in [-0.25, -0.2) is 0 Å². The Hall–Kier alpha value is -2.52. The summed E-state index contributed by atoms with van der Waals surface area (Å²) in [5.41, 5.74) is 0.805. The first-order chi connectivity index (χ1) is 10.7. The number of benzene rings is 1. The van der Waals surface area contributed by atoms with Crippen LogP contribution in [0.5, 0.6) is 5.75 Å². The largest absolute Gasteiger partial charge is 0.495 e. The van der Waals surface area contributed by atoms with Crippen molar-refractivity contribution in [2.45, 2.75) is 0 Å². The van der Waals surface area contributed by atoms with Crippen molar-refractivity contribution in [2.24, 2.45) is 0 Å². The van der Waals surface area contributed by atoms with Gasteiger partial charge in [-0.05, 0) is 19.2 Å². The number of nitrogens with zero attached hydrogens (tertiary/aromatic N) is 3. The van der Waals surface area contributed by atoms with Crippen LogP contribution in [0.2, 0.25) is 0 Å². The lowest BCUT2D eigenvalue weighted by atomic mass is 10.2. The molecule has 0 aromatic heterocycles. The first kappa shape index (κ1) is 15.9. The maximum Gasteiger partial charge on any atom is 0.266 e. The Bertz CT molecular complexity index is 598. The number of likely N-dealkylation sites (N-methyl/N-ethyl adjacent to an activating group) is 1. The molecule has 6 nitrogen and oxygen atoms in total. The van der Waals surface area contributed by atoms with E-state index in [9.17, 15) is 10.1 Å². The van der Waals surface area contributed by atoms with Gasteiger partial charge in [-0.2, -0.15) is 5.26 Å². The van der Waals surface area contributed by atoms with Gasteiger partial charge in [0.25, 0.3) is 5.91 Å². The lowest BCUT2D eigenvalue weighted by molar-refractivity contribution is -0.128. The maximum atomic E-state index is 12.4. The van der Waals surface area contributed by atoms with Crippen molar-refractivity contribution in [2.75, 3.05) is 45.7 Å². The number of ether oxygens (including phenoxy) is 1. The Morgan fingerprint density at radius 3 is 2.64 bits per heavy atom. The molecule has 0 radical (unpaired) electrons. The van der Waals surface area contributed by atoms with Gasteiger partial charge in [-0.3, -0.25) is 4.79 Å². The second-order valence-corrected chi connectivity index (χ2v) is 5.11. The maximum absolute atomic E-state index is 12.4. The summed E-state index contributed by atoms with van der Waals surface area (Å²) in [5.74, 6) is 0.418. The van der Waals surface area contributed by atoms with E-state index in [1.54, 1.807) is 12.0 Å². The Morgan fingerprint density at radius 2 is 2.00 bits per heavy atom. The summed E-state index contributed by atoms with van der Waals surface area (Å²) in [6, 6.07) is 9.31. The molecule has 0 spiro atoms. The summed E-state index contributed by atoms with van der Waals surface area (Å²) >= 11 is 0. The monoisotopic (exact) mass is 300 g/mol. The molecule has 0 atom stereocenters. The molecule has 1 amide bonds. The van der Waals surface area contributed by atoms with Gasteiger partial charge in [-0.1, -0.05) is 12.1 Å². The lowest BCUT2D eigenvalue weighted by Gasteiger charge is -2.32. The van der Waals surface area contributed by atoms with Crippen molar-refractivity contribution >= 4 is 11.6 Å². The molecule has 0 bridgehead atoms. The van der Waals surface area contributed by atoms with Crippen LogP contribution in [0.1, 0.15) is 0 Å². The number of rotatable bonds is 4. The van der Waals surface area contributed by atoms with E-state index in [0.717, 1.165) is 13.1 Å². The molecule has 1 aliphatic rings. The third-order valence-electron chi connectivity index (χ3n) is 3.62. The van der Waals surface area contributed by atoms with Gasteiger partial charge < -0.3 is 19.9 Å². The van der Waals surface area contributed by atoms with Gasteiger partial charge in [0.15, 0.2) is 0 Å². The van der Waals surface area contributed by atoms with Gasteiger partial charge in [0, 0.05) is 32.4 Å². The number of para-hydroxylation sites is 2. The second kappa shape index (κ2) is 7.48. The highest BCUT2D eigenvalue weighted by molar-refractivity contribution is 5.97.